The summed E-state index contributed by atoms with van der Waals surface area (Å²) in [4.78, 5) is 22.5. The van der Waals surface area contributed by atoms with E-state index in [-0.39, 0.29) is 19.2 Å². The number of carbonyl (C=O) groups excluding carboxylic acids is 1. The summed E-state index contributed by atoms with van der Waals surface area (Å²) in [5.41, 5.74) is 3.62. The summed E-state index contributed by atoms with van der Waals surface area (Å²) in [5.74, 6) is 1.09. The minimum absolute atomic E-state index is 0.277. The number of nitrogens with one attached hydrogen (secondary N) is 2. The Bertz CT molecular complexity index is 768. The van der Waals surface area contributed by atoms with Gasteiger partial charge < -0.3 is 19.9 Å². The zero-order chi connectivity index (χ0) is 22.3. The quantitative estimate of drug-likeness (QED) is 0.282. The minimum Gasteiger partial charge on any atom is -0.480 e. The number of ether oxygens (including phenoxy) is 2. The van der Waals surface area contributed by atoms with Gasteiger partial charge in [0, 0.05) is 18.5 Å². The van der Waals surface area contributed by atoms with Crippen LogP contribution < -0.4 is 10.7 Å². The average molecular weight is 432 g/mol. The van der Waals surface area contributed by atoms with Gasteiger partial charge in [-0.2, -0.15) is 5.10 Å². The highest BCUT2D eigenvalue weighted by atomic mass is 16.5. The predicted molar refractivity (Wildman–Crippen MR) is 118 cm³/mol. The highest BCUT2D eigenvalue weighted by Crippen LogP contribution is 2.63. The Morgan fingerprint density at radius 3 is 2.61 bits per heavy atom. The third-order valence-electron chi connectivity index (χ3n) is 6.83. The maximum Gasteiger partial charge on any atom is 0.339 e. The van der Waals surface area contributed by atoms with Crippen LogP contribution in [0.2, 0.25) is 0 Å². The highest BCUT2D eigenvalue weighted by molar-refractivity contribution is 5.89. The molecule has 8 heteroatoms. The van der Waals surface area contributed by atoms with Gasteiger partial charge in [-0.3, -0.25) is 0 Å². The fourth-order valence-corrected chi connectivity index (χ4v) is 5.04. The second-order valence-electron chi connectivity index (χ2n) is 8.98. The fraction of sp³-hybridized carbons (Fsp3) is 0.609. The smallest absolute Gasteiger partial charge is 0.339 e. The number of urea groups is 1. The molecule has 4 rings (SSSR count). The van der Waals surface area contributed by atoms with E-state index in [1.165, 1.54) is 6.42 Å². The number of rotatable bonds is 11. The highest BCUT2D eigenvalue weighted by Gasteiger charge is 2.56. The number of para-hydroxylation sites is 1. The first-order valence-electron chi connectivity index (χ1n) is 10.9. The van der Waals surface area contributed by atoms with Gasteiger partial charge in [0.1, 0.15) is 6.61 Å². The lowest BCUT2D eigenvalue weighted by Crippen LogP contribution is -2.56. The van der Waals surface area contributed by atoms with Crippen molar-refractivity contribution in [2.45, 2.75) is 33.1 Å². The van der Waals surface area contributed by atoms with Gasteiger partial charge in [0.15, 0.2) is 0 Å². The predicted octanol–water partition coefficient (Wildman–Crippen LogP) is 3.60. The number of amides is 2. The van der Waals surface area contributed by atoms with Crippen molar-refractivity contribution in [2.24, 2.45) is 34.2 Å². The van der Waals surface area contributed by atoms with E-state index < -0.39 is 5.97 Å². The Labute approximate surface area is 183 Å². The first kappa shape index (κ1) is 23.2. The maximum atomic E-state index is 12.0. The van der Waals surface area contributed by atoms with Crippen LogP contribution in [0.1, 0.15) is 33.1 Å². The minimum atomic E-state index is -0.975. The maximum absolute atomic E-state index is 12.0. The molecule has 0 aromatic heterocycles. The van der Waals surface area contributed by atoms with Gasteiger partial charge >= 0.3 is 12.0 Å². The van der Waals surface area contributed by atoms with Gasteiger partial charge in [0.2, 0.25) is 0 Å². The zero-order valence-electron chi connectivity index (χ0n) is 18.3. The number of hydrogen-bond donors (Lipinski definition) is 3. The third kappa shape index (κ3) is 6.27. The Hall–Kier alpha value is -2.45. The van der Waals surface area contributed by atoms with E-state index in [9.17, 15) is 9.59 Å². The lowest BCUT2D eigenvalue weighted by molar-refractivity contribution is -0.142. The summed E-state index contributed by atoms with van der Waals surface area (Å²) in [5, 5.41) is 15.5. The number of nitrogens with zero attached hydrogens (tertiary/aromatic N) is 1. The Morgan fingerprint density at radius 1 is 1.16 bits per heavy atom. The number of anilines is 1. The number of fused-ring (bicyclic) bond motifs is 2. The molecule has 1 aromatic carbocycles. The van der Waals surface area contributed by atoms with Gasteiger partial charge in [0.25, 0.3) is 0 Å². The van der Waals surface area contributed by atoms with Crippen molar-refractivity contribution in [2.75, 3.05) is 31.7 Å². The van der Waals surface area contributed by atoms with E-state index in [2.05, 4.69) is 29.7 Å². The van der Waals surface area contributed by atoms with E-state index in [0.717, 1.165) is 18.5 Å². The molecule has 3 N–H and O–H groups in total. The van der Waals surface area contributed by atoms with Crippen molar-refractivity contribution < 1.29 is 24.2 Å². The molecule has 0 saturated heterocycles. The molecule has 3 saturated carbocycles. The molecule has 4 atom stereocenters. The molecule has 3 aliphatic carbocycles. The molecule has 0 radical (unpaired) electrons. The van der Waals surface area contributed by atoms with Crippen LogP contribution in [0.4, 0.5) is 10.5 Å². The van der Waals surface area contributed by atoms with Crippen LogP contribution in [-0.4, -0.2) is 49.7 Å². The number of hydrazone groups is 1. The van der Waals surface area contributed by atoms with Crippen molar-refractivity contribution in [3.8, 4) is 0 Å². The molecule has 3 fully saturated rings. The van der Waals surface area contributed by atoms with E-state index >= 15 is 0 Å². The monoisotopic (exact) mass is 431 g/mol. The number of carboxylic acid groups (broad SMARTS) is 1. The molecule has 170 valence electrons. The number of carbonyl (C=O) groups is 2. The number of aliphatic carboxylic acids is 1. The van der Waals surface area contributed by atoms with Crippen LogP contribution in [0.5, 0.6) is 0 Å². The molecule has 0 heterocycles. The SMILES string of the molecule is CC1(C)C2CC1[C@@H](CCOCCOCC(=O)O)[C@H](C=NNC(=O)Nc1ccccc1)C2. The van der Waals surface area contributed by atoms with Crippen molar-refractivity contribution in [3.05, 3.63) is 30.3 Å². The van der Waals surface area contributed by atoms with Gasteiger partial charge in [0.05, 0.1) is 13.2 Å². The summed E-state index contributed by atoms with van der Waals surface area (Å²) < 4.78 is 10.7. The summed E-state index contributed by atoms with van der Waals surface area (Å²) in [6, 6.07) is 8.90. The van der Waals surface area contributed by atoms with E-state index in [1.54, 1.807) is 0 Å². The van der Waals surface area contributed by atoms with Crippen molar-refractivity contribution in [1.82, 2.24) is 5.43 Å². The second-order valence-corrected chi connectivity index (χ2v) is 8.98. The molecule has 31 heavy (non-hydrogen) atoms. The summed E-state index contributed by atoms with van der Waals surface area (Å²) in [7, 11) is 0. The number of carboxylic acids is 1. The van der Waals surface area contributed by atoms with Crippen LogP contribution in [-0.2, 0) is 14.3 Å². The van der Waals surface area contributed by atoms with E-state index in [1.807, 2.05) is 36.5 Å². The molecule has 1 aromatic rings. The average Bonchev–Trinajstić information content (AvgIpc) is 2.73. The second kappa shape index (κ2) is 10.7. The standard InChI is InChI=1S/C23H33N3O5/c1-23(2)17-12-16(14-24-26-22(29)25-18-6-4-3-5-7-18)19(20(23)13-17)8-9-30-10-11-31-15-21(27)28/h3-7,14,16-17,19-20H,8-13,15H2,1-2H3,(H,27,28)(H2,25,26,29)/t16-,17?,19-,20?/m0/s1. The Morgan fingerprint density at radius 2 is 1.90 bits per heavy atom. The van der Waals surface area contributed by atoms with Crippen LogP contribution in [0.15, 0.2) is 35.4 Å². The van der Waals surface area contributed by atoms with Crippen LogP contribution in [0.3, 0.4) is 0 Å². The molecule has 3 aliphatic rings. The lowest BCUT2D eigenvalue weighted by atomic mass is 9.43. The molecule has 2 unspecified atom stereocenters. The summed E-state index contributed by atoms with van der Waals surface area (Å²) >= 11 is 0. The van der Waals surface area contributed by atoms with Crippen molar-refractivity contribution in [1.29, 1.82) is 0 Å². The molecule has 2 bridgehead atoms. The number of benzene rings is 1. The number of hydrogen-bond acceptors (Lipinski definition) is 5. The van der Waals surface area contributed by atoms with Crippen molar-refractivity contribution in [3.63, 3.8) is 0 Å². The van der Waals surface area contributed by atoms with Gasteiger partial charge in [-0.15, -0.1) is 0 Å². The molecular formula is C23H33N3O5. The van der Waals surface area contributed by atoms with Gasteiger partial charge in [-0.1, -0.05) is 32.0 Å². The largest absolute Gasteiger partial charge is 0.480 e. The normalized spacial score (nSPS) is 26.3. The van der Waals surface area contributed by atoms with E-state index in [0.29, 0.717) is 42.3 Å². The molecule has 2 amide bonds. The summed E-state index contributed by atoms with van der Waals surface area (Å²) in [6.07, 6.45) is 5.11. The van der Waals surface area contributed by atoms with Crippen molar-refractivity contribution >= 4 is 23.9 Å². The van der Waals surface area contributed by atoms with Gasteiger partial charge in [-0.05, 0) is 60.5 Å². The van der Waals surface area contributed by atoms with E-state index in [4.69, 9.17) is 14.6 Å². The van der Waals surface area contributed by atoms with Gasteiger partial charge in [-0.25, -0.2) is 15.0 Å². The van der Waals surface area contributed by atoms with Crippen LogP contribution in [0, 0.1) is 29.1 Å². The molecular weight excluding hydrogens is 398 g/mol. The Kier molecular flexibility index (Phi) is 8.03. The topological polar surface area (TPSA) is 109 Å². The molecule has 0 aliphatic heterocycles. The Balaban J connectivity index is 1.45. The zero-order valence-corrected chi connectivity index (χ0v) is 18.3. The molecule has 8 nitrogen and oxygen atoms in total. The van der Waals surface area contributed by atoms with Crippen LogP contribution in [0.25, 0.3) is 0 Å². The third-order valence-corrected chi connectivity index (χ3v) is 6.83. The van der Waals surface area contributed by atoms with Crippen LogP contribution >= 0.6 is 0 Å². The first-order chi connectivity index (χ1) is 14.9. The fourth-order valence-electron chi connectivity index (χ4n) is 5.04. The first-order valence-corrected chi connectivity index (χ1v) is 10.9. The summed E-state index contributed by atoms with van der Waals surface area (Å²) in [6.45, 7) is 5.66. The molecule has 0 spiro atoms. The lowest BCUT2D eigenvalue weighted by Gasteiger charge is -2.62.